The van der Waals surface area contributed by atoms with Gasteiger partial charge in [-0.25, -0.2) is 0 Å². The second-order valence-corrected chi connectivity index (χ2v) is 7.55. The van der Waals surface area contributed by atoms with E-state index < -0.39 is 0 Å². The summed E-state index contributed by atoms with van der Waals surface area (Å²) in [6.07, 6.45) is 6.13. The number of thioether (sulfide) groups is 1. The Hall–Kier alpha value is -1.00. The third kappa shape index (κ3) is 6.56. The monoisotopic (exact) mass is 334 g/mol. The molecule has 0 N–H and O–H groups in total. The smallest absolute Gasteiger partial charge is 0.223 e. The Morgan fingerprint density at radius 2 is 1.96 bits per heavy atom. The first-order valence-electron chi connectivity index (χ1n) is 8.68. The lowest BCUT2D eigenvalue weighted by Gasteiger charge is -2.33. The summed E-state index contributed by atoms with van der Waals surface area (Å²) in [6, 6.07) is 10.5. The van der Waals surface area contributed by atoms with E-state index in [4.69, 9.17) is 0 Å². The minimum atomic E-state index is 0.328. The fourth-order valence-electron chi connectivity index (χ4n) is 3.13. The molecule has 0 aliphatic carbocycles. The Labute approximate surface area is 145 Å². The Morgan fingerprint density at radius 3 is 2.61 bits per heavy atom. The molecule has 0 unspecified atom stereocenters. The second-order valence-electron chi connectivity index (χ2n) is 6.56. The van der Waals surface area contributed by atoms with Crippen molar-refractivity contribution in [2.24, 2.45) is 5.92 Å². The van der Waals surface area contributed by atoms with E-state index in [-0.39, 0.29) is 0 Å². The van der Waals surface area contributed by atoms with E-state index in [1.165, 1.54) is 18.4 Å². The number of likely N-dealkylation sites (tertiary alicyclic amines) is 1. The van der Waals surface area contributed by atoms with Gasteiger partial charge in [0.1, 0.15) is 0 Å². The lowest BCUT2D eigenvalue weighted by molar-refractivity contribution is -0.131. The van der Waals surface area contributed by atoms with Gasteiger partial charge < -0.3 is 9.80 Å². The largest absolute Gasteiger partial charge is 0.342 e. The molecule has 1 heterocycles. The second kappa shape index (κ2) is 9.99. The number of amides is 1. The van der Waals surface area contributed by atoms with E-state index >= 15 is 0 Å². The molecule has 0 radical (unpaired) electrons. The van der Waals surface area contributed by atoms with Crippen molar-refractivity contribution in [1.29, 1.82) is 0 Å². The predicted octanol–water partition coefficient (Wildman–Crippen LogP) is 3.15. The van der Waals surface area contributed by atoms with Crippen molar-refractivity contribution >= 4 is 17.7 Å². The number of hydrogen-bond donors (Lipinski definition) is 0. The zero-order valence-corrected chi connectivity index (χ0v) is 15.4. The van der Waals surface area contributed by atoms with E-state index in [1.807, 2.05) is 6.07 Å². The number of piperidine rings is 1. The lowest BCUT2D eigenvalue weighted by atomic mass is 9.96. The van der Waals surface area contributed by atoms with Crippen molar-refractivity contribution < 1.29 is 4.79 Å². The SMILES string of the molecule is CSCCC(=O)N(CCc1ccccc1)CC1CCN(C)CC1. The Kier molecular flexibility index (Phi) is 7.96. The number of benzene rings is 1. The number of carbonyl (C=O) groups excluding carboxylic acids is 1. The first-order chi connectivity index (χ1) is 11.2. The highest BCUT2D eigenvalue weighted by molar-refractivity contribution is 7.98. The predicted molar refractivity (Wildman–Crippen MR) is 99.9 cm³/mol. The molecule has 0 atom stereocenters. The third-order valence-electron chi connectivity index (χ3n) is 4.70. The highest BCUT2D eigenvalue weighted by Crippen LogP contribution is 2.18. The summed E-state index contributed by atoms with van der Waals surface area (Å²) in [6.45, 7) is 4.11. The van der Waals surface area contributed by atoms with E-state index in [0.29, 0.717) is 18.2 Å². The van der Waals surface area contributed by atoms with Gasteiger partial charge in [0.2, 0.25) is 5.91 Å². The van der Waals surface area contributed by atoms with Gasteiger partial charge in [-0.1, -0.05) is 30.3 Å². The summed E-state index contributed by atoms with van der Waals surface area (Å²) in [5.41, 5.74) is 1.32. The van der Waals surface area contributed by atoms with Gasteiger partial charge in [0.25, 0.3) is 0 Å². The van der Waals surface area contributed by atoms with Gasteiger partial charge in [0.15, 0.2) is 0 Å². The summed E-state index contributed by atoms with van der Waals surface area (Å²) in [7, 11) is 2.19. The van der Waals surface area contributed by atoms with Gasteiger partial charge in [0.05, 0.1) is 0 Å². The van der Waals surface area contributed by atoms with Crippen molar-refractivity contribution in [2.75, 3.05) is 45.2 Å². The van der Waals surface area contributed by atoms with Crippen molar-refractivity contribution in [2.45, 2.75) is 25.7 Å². The molecule has 128 valence electrons. The molecule has 0 bridgehead atoms. The molecule has 1 amide bonds. The Morgan fingerprint density at radius 1 is 1.26 bits per heavy atom. The topological polar surface area (TPSA) is 23.6 Å². The van der Waals surface area contributed by atoms with Crippen LogP contribution in [0.1, 0.15) is 24.8 Å². The molecular weight excluding hydrogens is 304 g/mol. The molecule has 0 aromatic heterocycles. The van der Waals surface area contributed by atoms with Crippen LogP contribution in [0.15, 0.2) is 30.3 Å². The van der Waals surface area contributed by atoms with Gasteiger partial charge in [0, 0.05) is 25.3 Å². The third-order valence-corrected chi connectivity index (χ3v) is 5.32. The van der Waals surface area contributed by atoms with Crippen LogP contribution in [-0.4, -0.2) is 60.9 Å². The zero-order chi connectivity index (χ0) is 16.5. The molecule has 0 saturated carbocycles. The van der Waals surface area contributed by atoms with Crippen molar-refractivity contribution in [3.63, 3.8) is 0 Å². The fourth-order valence-corrected chi connectivity index (χ4v) is 3.51. The van der Waals surface area contributed by atoms with Crippen LogP contribution < -0.4 is 0 Å². The molecule has 1 aromatic rings. The average molecular weight is 335 g/mol. The number of nitrogens with zero attached hydrogens (tertiary/aromatic N) is 2. The van der Waals surface area contributed by atoms with E-state index in [9.17, 15) is 4.79 Å². The minimum absolute atomic E-state index is 0.328. The van der Waals surface area contributed by atoms with E-state index in [0.717, 1.165) is 38.4 Å². The van der Waals surface area contributed by atoms with Crippen LogP contribution in [0.5, 0.6) is 0 Å². The first-order valence-corrected chi connectivity index (χ1v) is 10.1. The van der Waals surface area contributed by atoms with Crippen molar-refractivity contribution in [3.8, 4) is 0 Å². The molecule has 1 fully saturated rings. The molecule has 1 aromatic carbocycles. The molecule has 4 heteroatoms. The van der Waals surface area contributed by atoms with Crippen LogP contribution >= 0.6 is 11.8 Å². The van der Waals surface area contributed by atoms with Gasteiger partial charge in [-0.2, -0.15) is 11.8 Å². The summed E-state index contributed by atoms with van der Waals surface area (Å²) >= 11 is 1.75. The lowest BCUT2D eigenvalue weighted by Crippen LogP contribution is -2.41. The maximum absolute atomic E-state index is 12.6. The van der Waals surface area contributed by atoms with Crippen LogP contribution in [0.2, 0.25) is 0 Å². The summed E-state index contributed by atoms with van der Waals surface area (Å²) in [5.74, 6) is 1.92. The zero-order valence-electron chi connectivity index (χ0n) is 14.5. The van der Waals surface area contributed by atoms with Crippen LogP contribution in [0, 0.1) is 5.92 Å². The first kappa shape index (κ1) is 18.3. The Balaban J connectivity index is 1.89. The molecule has 3 nitrogen and oxygen atoms in total. The molecule has 2 rings (SSSR count). The highest BCUT2D eigenvalue weighted by Gasteiger charge is 2.22. The number of hydrogen-bond acceptors (Lipinski definition) is 3. The van der Waals surface area contributed by atoms with Crippen LogP contribution in [0.25, 0.3) is 0 Å². The number of carbonyl (C=O) groups is 1. The Bertz CT molecular complexity index is 458. The highest BCUT2D eigenvalue weighted by atomic mass is 32.2. The van der Waals surface area contributed by atoms with Crippen LogP contribution in [0.3, 0.4) is 0 Å². The molecule has 1 aliphatic heterocycles. The van der Waals surface area contributed by atoms with Crippen molar-refractivity contribution in [3.05, 3.63) is 35.9 Å². The maximum atomic E-state index is 12.6. The average Bonchev–Trinajstić information content (AvgIpc) is 2.59. The van der Waals surface area contributed by atoms with Gasteiger partial charge >= 0.3 is 0 Å². The molecule has 1 aliphatic rings. The molecule has 23 heavy (non-hydrogen) atoms. The maximum Gasteiger partial charge on any atom is 0.223 e. The summed E-state index contributed by atoms with van der Waals surface area (Å²) < 4.78 is 0. The molecule has 0 spiro atoms. The fraction of sp³-hybridized carbons (Fsp3) is 0.632. The van der Waals surface area contributed by atoms with Crippen LogP contribution in [-0.2, 0) is 11.2 Å². The van der Waals surface area contributed by atoms with Crippen molar-refractivity contribution in [1.82, 2.24) is 9.80 Å². The van der Waals surface area contributed by atoms with Gasteiger partial charge in [-0.3, -0.25) is 4.79 Å². The quantitative estimate of drug-likeness (QED) is 0.730. The minimum Gasteiger partial charge on any atom is -0.342 e. The number of rotatable bonds is 8. The van der Waals surface area contributed by atoms with Crippen LogP contribution in [0.4, 0.5) is 0 Å². The van der Waals surface area contributed by atoms with Gasteiger partial charge in [-0.05, 0) is 57.1 Å². The standard InChI is InChI=1S/C19H30N2OS/c1-20-12-8-18(9-13-20)16-21(19(22)11-15-23-2)14-10-17-6-4-3-5-7-17/h3-7,18H,8-16H2,1-2H3. The summed E-state index contributed by atoms with van der Waals surface area (Å²) in [5, 5.41) is 0. The molecular formula is C19H30N2OS. The summed E-state index contributed by atoms with van der Waals surface area (Å²) in [4.78, 5) is 17.1. The van der Waals surface area contributed by atoms with Gasteiger partial charge in [-0.15, -0.1) is 0 Å². The molecule has 1 saturated heterocycles. The van der Waals surface area contributed by atoms with E-state index in [2.05, 4.69) is 47.4 Å². The normalized spacial score (nSPS) is 16.4. The van der Waals surface area contributed by atoms with E-state index in [1.54, 1.807) is 11.8 Å².